The summed E-state index contributed by atoms with van der Waals surface area (Å²) in [4.78, 5) is 12.9. The van der Waals surface area contributed by atoms with Gasteiger partial charge in [0.2, 0.25) is 0 Å². The van der Waals surface area contributed by atoms with Crippen molar-refractivity contribution in [2.75, 3.05) is 6.54 Å². The van der Waals surface area contributed by atoms with E-state index in [1.807, 2.05) is 31.2 Å². The lowest BCUT2D eigenvalue weighted by Crippen LogP contribution is -2.39. The maximum absolute atomic E-state index is 11.4. The van der Waals surface area contributed by atoms with Crippen LogP contribution in [0, 0.1) is 0 Å². The van der Waals surface area contributed by atoms with E-state index in [0.717, 1.165) is 17.6 Å². The zero-order valence-corrected chi connectivity index (χ0v) is 10.5. The second-order valence-corrected chi connectivity index (χ2v) is 4.32. The minimum absolute atomic E-state index is 0.227. The monoisotopic (exact) mass is 243 g/mol. The SMILES string of the molecule is C=C/C(=C\C)[C@H]1c2ccccc2CCN1C(=O)O. The molecule has 2 rings (SSSR count). The van der Waals surface area contributed by atoms with Gasteiger partial charge in [-0.25, -0.2) is 4.79 Å². The van der Waals surface area contributed by atoms with Gasteiger partial charge in [-0.1, -0.05) is 43.0 Å². The fourth-order valence-electron chi connectivity index (χ4n) is 2.52. The van der Waals surface area contributed by atoms with Crippen molar-refractivity contribution in [2.45, 2.75) is 19.4 Å². The molecule has 0 spiro atoms. The molecule has 1 aliphatic rings. The molecule has 0 aliphatic carbocycles. The molecule has 1 aromatic carbocycles. The van der Waals surface area contributed by atoms with Gasteiger partial charge in [0.25, 0.3) is 0 Å². The molecule has 0 saturated heterocycles. The molecule has 3 nitrogen and oxygen atoms in total. The van der Waals surface area contributed by atoms with Gasteiger partial charge in [0.1, 0.15) is 0 Å². The molecule has 94 valence electrons. The number of rotatable bonds is 2. The fourth-order valence-corrected chi connectivity index (χ4v) is 2.52. The van der Waals surface area contributed by atoms with Gasteiger partial charge in [-0.05, 0) is 30.0 Å². The van der Waals surface area contributed by atoms with Crippen LogP contribution in [0.3, 0.4) is 0 Å². The lowest BCUT2D eigenvalue weighted by molar-refractivity contribution is 0.129. The summed E-state index contributed by atoms with van der Waals surface area (Å²) >= 11 is 0. The van der Waals surface area contributed by atoms with Gasteiger partial charge in [0.05, 0.1) is 6.04 Å². The van der Waals surface area contributed by atoms with Crippen molar-refractivity contribution in [2.24, 2.45) is 0 Å². The summed E-state index contributed by atoms with van der Waals surface area (Å²) in [7, 11) is 0. The topological polar surface area (TPSA) is 40.5 Å². The highest BCUT2D eigenvalue weighted by Gasteiger charge is 2.31. The van der Waals surface area contributed by atoms with E-state index in [2.05, 4.69) is 12.6 Å². The van der Waals surface area contributed by atoms with Gasteiger partial charge in [0, 0.05) is 6.54 Å². The number of carbonyl (C=O) groups is 1. The van der Waals surface area contributed by atoms with E-state index >= 15 is 0 Å². The lowest BCUT2D eigenvalue weighted by atomic mass is 9.88. The molecule has 0 fully saturated rings. The van der Waals surface area contributed by atoms with Crippen molar-refractivity contribution in [3.8, 4) is 0 Å². The van der Waals surface area contributed by atoms with Crippen LogP contribution in [-0.4, -0.2) is 22.6 Å². The van der Waals surface area contributed by atoms with Crippen LogP contribution in [0.15, 0.2) is 48.6 Å². The van der Waals surface area contributed by atoms with E-state index in [1.165, 1.54) is 10.5 Å². The van der Waals surface area contributed by atoms with Crippen molar-refractivity contribution in [1.82, 2.24) is 4.90 Å². The Hall–Kier alpha value is -2.03. The third-order valence-corrected chi connectivity index (χ3v) is 3.41. The maximum Gasteiger partial charge on any atom is 0.408 e. The Morgan fingerprint density at radius 1 is 1.50 bits per heavy atom. The van der Waals surface area contributed by atoms with E-state index in [9.17, 15) is 9.90 Å². The Morgan fingerprint density at radius 2 is 2.22 bits per heavy atom. The molecule has 1 N–H and O–H groups in total. The third kappa shape index (κ3) is 2.04. The second-order valence-electron chi connectivity index (χ2n) is 4.32. The smallest absolute Gasteiger partial charge is 0.408 e. The number of allylic oxidation sites excluding steroid dienone is 1. The highest BCUT2D eigenvalue weighted by atomic mass is 16.4. The number of amides is 1. The van der Waals surface area contributed by atoms with Crippen LogP contribution in [0.25, 0.3) is 0 Å². The number of hydrogen-bond donors (Lipinski definition) is 1. The Balaban J connectivity index is 2.53. The predicted molar refractivity (Wildman–Crippen MR) is 71.6 cm³/mol. The quantitative estimate of drug-likeness (QED) is 0.809. The first-order valence-corrected chi connectivity index (χ1v) is 6.05. The maximum atomic E-state index is 11.4. The molecule has 0 bridgehead atoms. The molecule has 1 amide bonds. The van der Waals surface area contributed by atoms with Crippen LogP contribution < -0.4 is 0 Å². The minimum Gasteiger partial charge on any atom is -0.465 e. The van der Waals surface area contributed by atoms with Crippen LogP contribution in [-0.2, 0) is 6.42 Å². The van der Waals surface area contributed by atoms with Crippen LogP contribution in [0.4, 0.5) is 4.79 Å². The van der Waals surface area contributed by atoms with Crippen LogP contribution in [0.1, 0.15) is 24.1 Å². The first kappa shape index (κ1) is 12.4. The van der Waals surface area contributed by atoms with Crippen molar-refractivity contribution >= 4 is 6.09 Å². The molecule has 0 radical (unpaired) electrons. The van der Waals surface area contributed by atoms with Gasteiger partial charge in [-0.15, -0.1) is 0 Å². The third-order valence-electron chi connectivity index (χ3n) is 3.41. The van der Waals surface area contributed by atoms with E-state index in [-0.39, 0.29) is 6.04 Å². The summed E-state index contributed by atoms with van der Waals surface area (Å²) in [5, 5.41) is 9.34. The molecule has 1 atom stereocenters. The summed E-state index contributed by atoms with van der Waals surface area (Å²) in [5.74, 6) is 0. The first-order chi connectivity index (χ1) is 8.69. The Labute approximate surface area is 107 Å². The Morgan fingerprint density at radius 3 is 2.83 bits per heavy atom. The molecular weight excluding hydrogens is 226 g/mol. The minimum atomic E-state index is -0.879. The summed E-state index contributed by atoms with van der Waals surface area (Å²) in [5.41, 5.74) is 3.23. The average molecular weight is 243 g/mol. The highest BCUT2D eigenvalue weighted by molar-refractivity contribution is 5.68. The van der Waals surface area contributed by atoms with Crippen molar-refractivity contribution in [3.05, 3.63) is 59.7 Å². The number of benzene rings is 1. The van der Waals surface area contributed by atoms with E-state index in [1.54, 1.807) is 6.08 Å². The number of carboxylic acid groups (broad SMARTS) is 1. The molecule has 18 heavy (non-hydrogen) atoms. The molecule has 0 unspecified atom stereocenters. The first-order valence-electron chi connectivity index (χ1n) is 6.05. The Kier molecular flexibility index (Phi) is 3.51. The average Bonchev–Trinajstić information content (AvgIpc) is 2.40. The summed E-state index contributed by atoms with van der Waals surface area (Å²) in [6, 6.07) is 7.79. The lowest BCUT2D eigenvalue weighted by Gasteiger charge is -2.36. The summed E-state index contributed by atoms with van der Waals surface area (Å²) in [6.45, 7) is 6.23. The van der Waals surface area contributed by atoms with Crippen LogP contribution in [0.5, 0.6) is 0 Å². The van der Waals surface area contributed by atoms with Gasteiger partial charge in [-0.2, -0.15) is 0 Å². The van der Waals surface area contributed by atoms with Crippen molar-refractivity contribution < 1.29 is 9.90 Å². The second kappa shape index (κ2) is 5.08. The fraction of sp³-hybridized carbons (Fsp3) is 0.267. The van der Waals surface area contributed by atoms with Gasteiger partial charge >= 0.3 is 6.09 Å². The van der Waals surface area contributed by atoms with E-state index in [0.29, 0.717) is 6.54 Å². The zero-order chi connectivity index (χ0) is 13.1. The Bertz CT molecular complexity index is 505. The van der Waals surface area contributed by atoms with E-state index in [4.69, 9.17) is 0 Å². The number of hydrogen-bond acceptors (Lipinski definition) is 1. The number of nitrogens with zero attached hydrogens (tertiary/aromatic N) is 1. The summed E-state index contributed by atoms with van der Waals surface area (Å²) in [6.07, 6.45) is 3.56. The van der Waals surface area contributed by atoms with Crippen molar-refractivity contribution in [1.29, 1.82) is 0 Å². The largest absolute Gasteiger partial charge is 0.465 e. The number of fused-ring (bicyclic) bond motifs is 1. The van der Waals surface area contributed by atoms with E-state index < -0.39 is 6.09 Å². The summed E-state index contributed by atoms with van der Waals surface area (Å²) < 4.78 is 0. The van der Waals surface area contributed by atoms with Gasteiger partial charge in [0.15, 0.2) is 0 Å². The standard InChI is InChI=1S/C15H17NO2/c1-3-11(4-2)14-13-8-6-5-7-12(13)9-10-16(14)15(17)18/h3-8,14H,1,9-10H2,2H3,(H,17,18)/b11-4+/t14-/m0/s1. The molecule has 0 aromatic heterocycles. The molecule has 1 aliphatic heterocycles. The molecular formula is C15H17NO2. The normalized spacial score (nSPS) is 19.3. The molecule has 1 heterocycles. The predicted octanol–water partition coefficient (Wildman–Crippen LogP) is 3.40. The molecule has 1 aromatic rings. The molecule has 0 saturated carbocycles. The van der Waals surface area contributed by atoms with Gasteiger partial charge < -0.3 is 5.11 Å². The zero-order valence-electron chi connectivity index (χ0n) is 10.5. The van der Waals surface area contributed by atoms with Crippen molar-refractivity contribution in [3.63, 3.8) is 0 Å². The van der Waals surface area contributed by atoms with Gasteiger partial charge in [-0.3, -0.25) is 4.90 Å². The van der Waals surface area contributed by atoms with Crippen LogP contribution >= 0.6 is 0 Å². The highest BCUT2D eigenvalue weighted by Crippen LogP contribution is 2.35. The van der Waals surface area contributed by atoms with Crippen LogP contribution in [0.2, 0.25) is 0 Å². The molecule has 3 heteroatoms.